The number of benzene rings is 2. The van der Waals surface area contributed by atoms with Gasteiger partial charge in [-0.15, -0.1) is 11.8 Å². The van der Waals surface area contributed by atoms with E-state index in [0.717, 1.165) is 5.69 Å². The van der Waals surface area contributed by atoms with Crippen LogP contribution in [0.4, 0.5) is 5.69 Å². The molecule has 0 saturated carbocycles. The molecule has 0 bridgehead atoms. The number of aliphatic imine (C=N–C) groups is 1. The Morgan fingerprint density at radius 2 is 1.76 bits per heavy atom. The molecule has 2 aromatic rings. The van der Waals surface area contributed by atoms with Gasteiger partial charge in [0.1, 0.15) is 0 Å². The molecule has 110 valence electrons. The van der Waals surface area contributed by atoms with Crippen LogP contribution < -0.4 is 11.1 Å². The number of nitrogens with two attached hydrogens (primary N) is 1. The van der Waals surface area contributed by atoms with Crippen molar-refractivity contribution in [3.05, 3.63) is 59.2 Å². The molecule has 0 atom stereocenters. The zero-order chi connectivity index (χ0) is 15.2. The van der Waals surface area contributed by atoms with E-state index in [4.69, 9.17) is 5.73 Å². The van der Waals surface area contributed by atoms with E-state index in [1.807, 2.05) is 24.3 Å². The Morgan fingerprint density at radius 1 is 1.10 bits per heavy atom. The van der Waals surface area contributed by atoms with E-state index in [1.165, 1.54) is 21.6 Å². The smallest absolute Gasteiger partial charge is 0.193 e. The normalized spacial score (nSPS) is 11.5. The van der Waals surface area contributed by atoms with Gasteiger partial charge in [-0.2, -0.15) is 0 Å². The van der Waals surface area contributed by atoms with Crippen molar-refractivity contribution in [2.75, 3.05) is 11.6 Å². The fourth-order valence-electron chi connectivity index (χ4n) is 1.98. The van der Waals surface area contributed by atoms with Crippen molar-refractivity contribution in [1.29, 1.82) is 0 Å². The van der Waals surface area contributed by atoms with Gasteiger partial charge < -0.3 is 11.1 Å². The first-order valence-corrected chi connectivity index (χ1v) is 8.08. The lowest BCUT2D eigenvalue weighted by atomic mass is 10.1. The molecule has 0 saturated heterocycles. The van der Waals surface area contributed by atoms with Gasteiger partial charge in [0.05, 0.1) is 6.54 Å². The minimum atomic E-state index is 0.437. The van der Waals surface area contributed by atoms with Crippen LogP contribution in [0, 0.1) is 13.8 Å². The lowest BCUT2D eigenvalue weighted by molar-refractivity contribution is 1.02. The summed E-state index contributed by atoms with van der Waals surface area (Å²) in [6.45, 7) is 4.74. The second-order valence-electron chi connectivity index (χ2n) is 5.01. The summed E-state index contributed by atoms with van der Waals surface area (Å²) in [5.41, 5.74) is 10.6. The number of anilines is 1. The monoisotopic (exact) mass is 299 g/mol. The maximum absolute atomic E-state index is 5.95. The van der Waals surface area contributed by atoms with Crippen LogP contribution in [-0.2, 0) is 6.54 Å². The molecular formula is C17H21N3S. The molecule has 0 aliphatic carbocycles. The van der Waals surface area contributed by atoms with E-state index >= 15 is 0 Å². The molecule has 0 aliphatic heterocycles. The Labute approximate surface area is 130 Å². The van der Waals surface area contributed by atoms with Gasteiger partial charge in [-0.1, -0.05) is 29.8 Å². The summed E-state index contributed by atoms with van der Waals surface area (Å²) in [5, 5.41) is 3.11. The molecule has 0 spiro atoms. The van der Waals surface area contributed by atoms with E-state index in [9.17, 15) is 0 Å². The minimum absolute atomic E-state index is 0.437. The molecule has 4 heteroatoms. The van der Waals surface area contributed by atoms with E-state index in [2.05, 4.69) is 48.6 Å². The van der Waals surface area contributed by atoms with Crippen molar-refractivity contribution >= 4 is 23.4 Å². The summed E-state index contributed by atoms with van der Waals surface area (Å²) >= 11 is 1.74. The van der Waals surface area contributed by atoms with Gasteiger partial charge in [0, 0.05) is 10.6 Å². The predicted octanol–water partition coefficient (Wildman–Crippen LogP) is 3.95. The Morgan fingerprint density at radius 3 is 2.43 bits per heavy atom. The molecule has 0 aliphatic rings. The molecule has 0 unspecified atom stereocenters. The van der Waals surface area contributed by atoms with Crippen LogP contribution in [0.25, 0.3) is 0 Å². The van der Waals surface area contributed by atoms with Crippen molar-refractivity contribution in [2.45, 2.75) is 25.3 Å². The van der Waals surface area contributed by atoms with E-state index in [-0.39, 0.29) is 0 Å². The highest BCUT2D eigenvalue weighted by Crippen LogP contribution is 2.22. The van der Waals surface area contributed by atoms with Gasteiger partial charge in [0.25, 0.3) is 0 Å². The van der Waals surface area contributed by atoms with Crippen LogP contribution in [0.2, 0.25) is 0 Å². The lowest BCUT2D eigenvalue weighted by Crippen LogP contribution is -2.22. The SMILES string of the molecule is CSc1cc(C)ccc1CN=C(N)Nc1ccc(C)cc1. The fourth-order valence-corrected chi connectivity index (χ4v) is 2.68. The number of nitrogens with zero attached hydrogens (tertiary/aromatic N) is 1. The van der Waals surface area contributed by atoms with Crippen LogP contribution in [0.1, 0.15) is 16.7 Å². The average Bonchev–Trinajstić information content (AvgIpc) is 2.48. The zero-order valence-corrected chi connectivity index (χ0v) is 13.5. The van der Waals surface area contributed by atoms with Crippen molar-refractivity contribution in [3.8, 4) is 0 Å². The fraction of sp³-hybridized carbons (Fsp3) is 0.235. The molecule has 2 rings (SSSR count). The van der Waals surface area contributed by atoms with Crippen molar-refractivity contribution in [1.82, 2.24) is 0 Å². The summed E-state index contributed by atoms with van der Waals surface area (Å²) in [5.74, 6) is 0.437. The van der Waals surface area contributed by atoms with Gasteiger partial charge in [0.15, 0.2) is 5.96 Å². The highest BCUT2D eigenvalue weighted by molar-refractivity contribution is 7.98. The molecule has 3 nitrogen and oxygen atoms in total. The number of hydrogen-bond donors (Lipinski definition) is 2. The molecular weight excluding hydrogens is 278 g/mol. The third kappa shape index (κ3) is 4.53. The van der Waals surface area contributed by atoms with Crippen molar-refractivity contribution in [2.24, 2.45) is 10.7 Å². The highest BCUT2D eigenvalue weighted by Gasteiger charge is 2.02. The molecule has 0 amide bonds. The van der Waals surface area contributed by atoms with Gasteiger partial charge in [-0.25, -0.2) is 4.99 Å². The summed E-state index contributed by atoms with van der Waals surface area (Å²) in [6.07, 6.45) is 2.08. The van der Waals surface area contributed by atoms with Crippen molar-refractivity contribution in [3.63, 3.8) is 0 Å². The van der Waals surface area contributed by atoms with Crippen LogP contribution >= 0.6 is 11.8 Å². The zero-order valence-electron chi connectivity index (χ0n) is 12.7. The molecule has 0 radical (unpaired) electrons. The van der Waals surface area contributed by atoms with Crippen LogP contribution in [0.5, 0.6) is 0 Å². The Balaban J connectivity index is 2.05. The number of nitrogens with one attached hydrogen (secondary N) is 1. The molecule has 0 aromatic heterocycles. The molecule has 2 aromatic carbocycles. The van der Waals surface area contributed by atoms with E-state index in [0.29, 0.717) is 12.5 Å². The number of guanidine groups is 1. The summed E-state index contributed by atoms with van der Waals surface area (Å²) in [7, 11) is 0. The lowest BCUT2D eigenvalue weighted by Gasteiger charge is -2.08. The summed E-state index contributed by atoms with van der Waals surface area (Å²) in [4.78, 5) is 5.67. The minimum Gasteiger partial charge on any atom is -0.370 e. The Kier molecular flexibility index (Phi) is 5.28. The third-order valence-electron chi connectivity index (χ3n) is 3.19. The first kappa shape index (κ1) is 15.4. The first-order chi connectivity index (χ1) is 10.1. The van der Waals surface area contributed by atoms with Crippen molar-refractivity contribution < 1.29 is 0 Å². The highest BCUT2D eigenvalue weighted by atomic mass is 32.2. The predicted molar refractivity (Wildman–Crippen MR) is 93.1 cm³/mol. The summed E-state index contributed by atoms with van der Waals surface area (Å²) in [6, 6.07) is 14.5. The van der Waals surface area contributed by atoms with E-state index in [1.54, 1.807) is 11.8 Å². The summed E-state index contributed by atoms with van der Waals surface area (Å²) < 4.78 is 0. The molecule has 21 heavy (non-hydrogen) atoms. The van der Waals surface area contributed by atoms with Gasteiger partial charge in [-0.3, -0.25) is 0 Å². The number of hydrogen-bond acceptors (Lipinski definition) is 2. The second-order valence-corrected chi connectivity index (χ2v) is 5.86. The second kappa shape index (κ2) is 7.18. The molecule has 0 fully saturated rings. The molecule has 0 heterocycles. The van der Waals surface area contributed by atoms with E-state index < -0.39 is 0 Å². The number of rotatable bonds is 4. The van der Waals surface area contributed by atoms with Gasteiger partial charge in [-0.05, 0) is 49.4 Å². The average molecular weight is 299 g/mol. The number of thioether (sulfide) groups is 1. The quantitative estimate of drug-likeness (QED) is 0.510. The largest absolute Gasteiger partial charge is 0.370 e. The van der Waals surface area contributed by atoms with Gasteiger partial charge >= 0.3 is 0 Å². The maximum atomic E-state index is 5.95. The Hall–Kier alpha value is -1.94. The van der Waals surface area contributed by atoms with Crippen LogP contribution in [-0.4, -0.2) is 12.2 Å². The maximum Gasteiger partial charge on any atom is 0.193 e. The standard InChI is InChI=1S/C17H21N3S/c1-12-5-8-15(9-6-12)20-17(18)19-11-14-7-4-13(2)10-16(14)21-3/h4-10H,11H2,1-3H3,(H3,18,19,20). The van der Waals surface area contributed by atoms with Crippen LogP contribution in [0.15, 0.2) is 52.4 Å². The van der Waals surface area contributed by atoms with Gasteiger partial charge in [0.2, 0.25) is 0 Å². The van der Waals surface area contributed by atoms with Crippen LogP contribution in [0.3, 0.4) is 0 Å². The topological polar surface area (TPSA) is 50.4 Å². The molecule has 3 N–H and O–H groups in total. The first-order valence-electron chi connectivity index (χ1n) is 6.85. The Bertz CT molecular complexity index is 633. The number of aryl methyl sites for hydroxylation is 2. The third-order valence-corrected chi connectivity index (χ3v) is 4.01.